The summed E-state index contributed by atoms with van der Waals surface area (Å²) in [5.74, 6) is -4.48. The number of carbonyl (C=O) groups is 1. The summed E-state index contributed by atoms with van der Waals surface area (Å²) in [5, 5.41) is 7.93. The van der Waals surface area contributed by atoms with E-state index in [-0.39, 0.29) is 0 Å². The van der Waals surface area contributed by atoms with E-state index in [4.69, 9.17) is 16.7 Å². The number of hydrogen-bond donors (Lipinski definition) is 1. The number of halogens is 3. The third-order valence-electron chi connectivity index (χ3n) is 1.55. The third-order valence-corrected chi connectivity index (χ3v) is 1.89. The molecule has 1 N–H and O–H groups in total. The predicted octanol–water partition coefficient (Wildman–Crippen LogP) is 2.33. The van der Waals surface area contributed by atoms with E-state index in [9.17, 15) is 13.6 Å². The Morgan fingerprint density at radius 1 is 1.57 bits per heavy atom. The molecule has 1 aromatic rings. The van der Waals surface area contributed by atoms with Crippen molar-refractivity contribution in [3.8, 4) is 5.75 Å². The zero-order chi connectivity index (χ0) is 10.9. The Bertz CT molecular complexity index is 393. The molecule has 1 aromatic carbocycles. The number of rotatable bonds is 2. The van der Waals surface area contributed by atoms with Gasteiger partial charge in [-0.2, -0.15) is 0 Å². The van der Waals surface area contributed by atoms with Crippen LogP contribution in [0.2, 0.25) is 5.02 Å². The monoisotopic (exact) mass is 222 g/mol. The van der Waals surface area contributed by atoms with E-state index in [1.165, 1.54) is 0 Å². The first-order valence-corrected chi connectivity index (χ1v) is 3.81. The van der Waals surface area contributed by atoms with Gasteiger partial charge in [-0.3, -0.25) is 0 Å². The van der Waals surface area contributed by atoms with Crippen LogP contribution in [0.4, 0.5) is 8.78 Å². The number of benzene rings is 1. The molecule has 6 heteroatoms. The largest absolute Gasteiger partial charge is 0.494 e. The van der Waals surface area contributed by atoms with Gasteiger partial charge in [-0.15, -0.1) is 0 Å². The maximum Gasteiger partial charge on any atom is 0.339 e. The van der Waals surface area contributed by atoms with Crippen molar-refractivity contribution >= 4 is 17.6 Å². The van der Waals surface area contributed by atoms with E-state index >= 15 is 0 Å². The van der Waals surface area contributed by atoms with Gasteiger partial charge in [-0.25, -0.2) is 13.6 Å². The Labute approximate surface area is 82.9 Å². The number of ether oxygens (including phenoxy) is 1. The lowest BCUT2D eigenvalue weighted by Crippen LogP contribution is -2.04. The van der Waals surface area contributed by atoms with E-state index in [1.54, 1.807) is 0 Å². The van der Waals surface area contributed by atoms with E-state index in [0.717, 1.165) is 7.11 Å². The molecule has 0 aliphatic rings. The first-order valence-electron chi connectivity index (χ1n) is 3.43. The van der Waals surface area contributed by atoms with Crippen molar-refractivity contribution in [2.24, 2.45) is 0 Å². The second-order valence-corrected chi connectivity index (χ2v) is 2.75. The van der Waals surface area contributed by atoms with Crippen LogP contribution in [0.5, 0.6) is 5.75 Å². The second-order valence-electron chi connectivity index (χ2n) is 2.37. The van der Waals surface area contributed by atoms with Crippen LogP contribution in [-0.4, -0.2) is 18.2 Å². The standard InChI is InChI=1S/C8H5ClF2O3/c1-14-7-3(8(12)13)2-4(10)6(11)5(7)9/h2H,1H3,(H,12,13). The first kappa shape index (κ1) is 10.7. The molecule has 0 aliphatic heterocycles. The van der Waals surface area contributed by atoms with Crippen LogP contribution < -0.4 is 4.74 Å². The van der Waals surface area contributed by atoms with Crippen molar-refractivity contribution in [2.75, 3.05) is 7.11 Å². The summed E-state index contributed by atoms with van der Waals surface area (Å²) in [4.78, 5) is 10.6. The molecular weight excluding hydrogens is 218 g/mol. The molecule has 0 saturated heterocycles. The molecule has 0 heterocycles. The highest BCUT2D eigenvalue weighted by Crippen LogP contribution is 2.32. The average molecular weight is 223 g/mol. The zero-order valence-electron chi connectivity index (χ0n) is 6.97. The van der Waals surface area contributed by atoms with Crippen LogP contribution in [0.3, 0.4) is 0 Å². The van der Waals surface area contributed by atoms with Crippen LogP contribution in [0.1, 0.15) is 10.4 Å². The molecule has 14 heavy (non-hydrogen) atoms. The molecule has 1 rings (SSSR count). The van der Waals surface area contributed by atoms with Gasteiger partial charge in [0.1, 0.15) is 10.6 Å². The highest BCUT2D eigenvalue weighted by molar-refractivity contribution is 6.32. The van der Waals surface area contributed by atoms with Gasteiger partial charge in [0.05, 0.1) is 7.11 Å². The van der Waals surface area contributed by atoms with Gasteiger partial charge in [-0.1, -0.05) is 11.6 Å². The Balaban J connectivity index is 3.51. The van der Waals surface area contributed by atoms with Gasteiger partial charge >= 0.3 is 5.97 Å². The lowest BCUT2D eigenvalue weighted by Gasteiger charge is -2.07. The first-order chi connectivity index (χ1) is 6.49. The molecule has 0 unspecified atom stereocenters. The fourth-order valence-corrected chi connectivity index (χ4v) is 1.21. The smallest absolute Gasteiger partial charge is 0.339 e. The van der Waals surface area contributed by atoms with Crippen molar-refractivity contribution in [3.63, 3.8) is 0 Å². The van der Waals surface area contributed by atoms with Gasteiger partial charge in [0.25, 0.3) is 0 Å². The molecule has 0 atom stereocenters. The van der Waals surface area contributed by atoms with Gasteiger partial charge in [-0.05, 0) is 6.07 Å². The van der Waals surface area contributed by atoms with Crippen molar-refractivity contribution in [2.45, 2.75) is 0 Å². The lowest BCUT2D eigenvalue weighted by molar-refractivity contribution is 0.0692. The normalized spacial score (nSPS) is 10.0. The molecule has 0 spiro atoms. The minimum absolute atomic E-state index is 0.391. The topological polar surface area (TPSA) is 46.5 Å². The van der Waals surface area contributed by atoms with Gasteiger partial charge in [0, 0.05) is 0 Å². The quantitative estimate of drug-likeness (QED) is 0.782. The molecule has 0 aromatic heterocycles. The highest BCUT2D eigenvalue weighted by atomic mass is 35.5. The fraction of sp³-hybridized carbons (Fsp3) is 0.125. The number of carboxylic acids is 1. The summed E-state index contributed by atoms with van der Waals surface area (Å²) in [7, 11) is 1.12. The highest BCUT2D eigenvalue weighted by Gasteiger charge is 2.21. The summed E-state index contributed by atoms with van der Waals surface area (Å²) in [5.41, 5.74) is -0.517. The van der Waals surface area contributed by atoms with Crippen LogP contribution >= 0.6 is 11.6 Å². The molecule has 0 radical (unpaired) electrons. The molecule has 0 aliphatic carbocycles. The average Bonchev–Trinajstić information content (AvgIpc) is 2.13. The minimum atomic E-state index is -1.44. The van der Waals surface area contributed by atoms with Gasteiger partial charge in [0.2, 0.25) is 0 Å². The van der Waals surface area contributed by atoms with Crippen LogP contribution in [0.25, 0.3) is 0 Å². The number of carboxylic acid groups (broad SMARTS) is 1. The Kier molecular flexibility index (Phi) is 2.90. The van der Waals surface area contributed by atoms with Crippen LogP contribution in [-0.2, 0) is 0 Å². The summed E-state index contributed by atoms with van der Waals surface area (Å²) < 4.78 is 30.1. The molecule has 76 valence electrons. The predicted molar refractivity (Wildman–Crippen MR) is 44.9 cm³/mol. The maximum atomic E-state index is 12.8. The summed E-state index contributed by atoms with van der Waals surface area (Å²) in [6.07, 6.45) is 0. The Morgan fingerprint density at radius 2 is 2.14 bits per heavy atom. The Morgan fingerprint density at radius 3 is 2.57 bits per heavy atom. The second kappa shape index (κ2) is 3.79. The van der Waals surface area contributed by atoms with E-state index in [0.29, 0.717) is 6.07 Å². The molecule has 0 amide bonds. The zero-order valence-corrected chi connectivity index (χ0v) is 7.73. The van der Waals surface area contributed by atoms with E-state index < -0.39 is 33.9 Å². The number of methoxy groups -OCH3 is 1. The maximum absolute atomic E-state index is 12.8. The van der Waals surface area contributed by atoms with Crippen molar-refractivity contribution in [1.82, 2.24) is 0 Å². The van der Waals surface area contributed by atoms with Crippen molar-refractivity contribution in [3.05, 3.63) is 28.3 Å². The SMILES string of the molecule is COc1c(C(=O)O)cc(F)c(F)c1Cl. The number of hydrogen-bond acceptors (Lipinski definition) is 2. The van der Waals surface area contributed by atoms with E-state index in [1.807, 2.05) is 0 Å². The molecule has 0 saturated carbocycles. The summed E-state index contributed by atoms with van der Waals surface area (Å²) in [6, 6.07) is 0.516. The lowest BCUT2D eigenvalue weighted by atomic mass is 10.2. The summed E-state index contributed by atoms with van der Waals surface area (Å²) >= 11 is 5.34. The van der Waals surface area contributed by atoms with Gasteiger partial charge in [0.15, 0.2) is 17.4 Å². The minimum Gasteiger partial charge on any atom is -0.494 e. The molecule has 0 bridgehead atoms. The molecule has 0 fully saturated rings. The van der Waals surface area contributed by atoms with Crippen molar-refractivity contribution in [1.29, 1.82) is 0 Å². The molecular formula is C8H5ClF2O3. The Hall–Kier alpha value is -1.36. The van der Waals surface area contributed by atoms with E-state index in [2.05, 4.69) is 4.74 Å². The van der Waals surface area contributed by atoms with Crippen molar-refractivity contribution < 1.29 is 23.4 Å². The van der Waals surface area contributed by atoms with Crippen LogP contribution in [0, 0.1) is 11.6 Å². The molecule has 3 nitrogen and oxygen atoms in total. The third kappa shape index (κ3) is 1.63. The van der Waals surface area contributed by atoms with Gasteiger partial charge < -0.3 is 9.84 Å². The summed E-state index contributed by atoms with van der Waals surface area (Å²) in [6.45, 7) is 0. The fourth-order valence-electron chi connectivity index (χ4n) is 0.937. The van der Waals surface area contributed by atoms with Crippen LogP contribution in [0.15, 0.2) is 6.07 Å². The number of aromatic carboxylic acids is 1.